The van der Waals surface area contributed by atoms with Gasteiger partial charge >= 0.3 is 41.5 Å². The number of rotatable bonds is 40. The van der Waals surface area contributed by atoms with E-state index in [0.717, 1.165) is 59.7 Å². The Morgan fingerprint density at radius 1 is 0.327 bits per heavy atom. The normalized spacial score (nSPS) is 11.4. The van der Waals surface area contributed by atoms with E-state index in [4.69, 9.17) is 36.0 Å². The van der Waals surface area contributed by atoms with Crippen molar-refractivity contribution in [1.29, 1.82) is 0 Å². The number of hydrogen-bond acceptors (Lipinski definition) is 18. The van der Waals surface area contributed by atoms with Gasteiger partial charge in [-0.3, -0.25) is 28.8 Å². The third-order valence-electron chi connectivity index (χ3n) is 17.0. The molecular formula is C79H84N4O22Si2. The van der Waals surface area contributed by atoms with E-state index in [1.165, 1.54) is 24.3 Å². The van der Waals surface area contributed by atoms with Gasteiger partial charge in [0, 0.05) is 104 Å². The quantitative estimate of drug-likeness (QED) is 0.0100. The number of nitrogens with one attached hydrogen (secondary N) is 4. The fraction of sp³-hybridized carbons (Fsp3) is 0.266. The van der Waals surface area contributed by atoms with E-state index in [-0.39, 0.29) is 80.1 Å². The Bertz CT molecular complexity index is 4250. The second-order valence-electron chi connectivity index (χ2n) is 24.4. The molecule has 8 aromatic carbocycles. The number of carboxylic acids is 4. The lowest BCUT2D eigenvalue weighted by molar-refractivity contribution is 0.0682. The molecule has 0 bridgehead atoms. The number of carbonyl (C=O) groups excluding carboxylic acids is 6. The van der Waals surface area contributed by atoms with Gasteiger partial charge in [0.2, 0.25) is 0 Å². The van der Waals surface area contributed by atoms with Crippen molar-refractivity contribution in [3.05, 3.63) is 248 Å². The fourth-order valence-corrected chi connectivity index (χ4v) is 16.9. The first kappa shape index (κ1) is 81.3. The van der Waals surface area contributed by atoms with Crippen molar-refractivity contribution in [3.63, 3.8) is 0 Å². The van der Waals surface area contributed by atoms with Gasteiger partial charge < -0.3 is 77.7 Å². The minimum absolute atomic E-state index is 0.0934. The van der Waals surface area contributed by atoms with Crippen LogP contribution in [0.5, 0.6) is 23.0 Å². The van der Waals surface area contributed by atoms with Gasteiger partial charge in [0.1, 0.15) is 23.0 Å². The van der Waals surface area contributed by atoms with Gasteiger partial charge in [0.05, 0.1) is 44.5 Å². The van der Waals surface area contributed by atoms with Crippen LogP contribution in [0.1, 0.15) is 194 Å². The number of carboxylic acid groups (broad SMARTS) is 4. The molecule has 107 heavy (non-hydrogen) atoms. The Hall–Kier alpha value is -11.3. The molecule has 0 aliphatic rings. The van der Waals surface area contributed by atoms with E-state index in [1.807, 2.05) is 65.8 Å². The summed E-state index contributed by atoms with van der Waals surface area (Å²) in [5, 5.41) is 50.8. The summed E-state index contributed by atoms with van der Waals surface area (Å²) in [6, 6.07) is 42.1. The summed E-state index contributed by atoms with van der Waals surface area (Å²) in [6.07, 6.45) is 0.764. The standard InChI is InChI=1S/C79H84N4O22Si2/c1-9-98-106(99-10-2,100-11-3)43-15-41-80-71(86)65-45-49(17-37-61(65)75(90)91)69(84)51-19-39-63(77(94)95)67(47-51)73(88)82-55-25-33-59(34-26-55)104-57-29-21-53(22-30-57)79(7,8)54-23-31-58(32-24-54)105-60-35-27-56(28-36-60)83-74(89)68-48-52(20-40-64(68)78(96)97)70(85)50-18-38-62(76(92)93)66(46-50)72(87)81-42-16-44-107(101-12-4,102-13-5)103-14-6/h17-40,45-48H,9-16,41-44H2,1-8H3,(H,80,86)(H,81,87)(H,82,88)(H,83,89)(H,90,91)(H,92,93)(H,94,95)(H,96,97). The van der Waals surface area contributed by atoms with E-state index in [9.17, 15) is 68.4 Å². The van der Waals surface area contributed by atoms with Crippen molar-refractivity contribution in [2.24, 2.45) is 0 Å². The van der Waals surface area contributed by atoms with Crippen LogP contribution in [0, 0.1) is 0 Å². The summed E-state index contributed by atoms with van der Waals surface area (Å²) in [5.74, 6) is -8.51. The summed E-state index contributed by atoms with van der Waals surface area (Å²) in [7, 11) is -6.06. The van der Waals surface area contributed by atoms with Crippen molar-refractivity contribution < 1.29 is 104 Å². The highest BCUT2D eigenvalue weighted by Gasteiger charge is 2.41. The maximum absolute atomic E-state index is 14.0. The summed E-state index contributed by atoms with van der Waals surface area (Å²) >= 11 is 0. The first-order chi connectivity index (χ1) is 51.2. The van der Waals surface area contributed by atoms with Crippen molar-refractivity contribution in [2.45, 2.75) is 85.7 Å². The van der Waals surface area contributed by atoms with Crippen LogP contribution in [0.3, 0.4) is 0 Å². The molecule has 0 spiro atoms. The summed E-state index contributed by atoms with van der Waals surface area (Å²) in [6.45, 7) is 17.4. The average molecular weight is 1500 g/mol. The van der Waals surface area contributed by atoms with Crippen LogP contribution in [0.4, 0.5) is 11.4 Å². The monoisotopic (exact) mass is 1500 g/mol. The molecule has 0 atom stereocenters. The minimum Gasteiger partial charge on any atom is -0.478 e. The van der Waals surface area contributed by atoms with Crippen LogP contribution < -0.4 is 30.7 Å². The van der Waals surface area contributed by atoms with Gasteiger partial charge in [-0.05, 0) is 187 Å². The van der Waals surface area contributed by atoms with E-state index in [0.29, 0.717) is 87.6 Å². The molecule has 4 amide bonds. The third kappa shape index (κ3) is 21.0. The van der Waals surface area contributed by atoms with E-state index in [1.54, 1.807) is 72.8 Å². The van der Waals surface area contributed by atoms with Crippen molar-refractivity contribution in [3.8, 4) is 23.0 Å². The molecule has 0 saturated heterocycles. The highest BCUT2D eigenvalue weighted by molar-refractivity contribution is 6.61. The number of ether oxygens (including phenoxy) is 2. The molecule has 0 fully saturated rings. The molecule has 0 radical (unpaired) electrons. The second kappa shape index (κ2) is 37.6. The van der Waals surface area contributed by atoms with Crippen LogP contribution in [-0.2, 0) is 32.0 Å². The summed E-state index contributed by atoms with van der Waals surface area (Å²) < 4.78 is 47.6. The van der Waals surface area contributed by atoms with Crippen molar-refractivity contribution >= 4 is 88.1 Å². The zero-order chi connectivity index (χ0) is 77.6. The average Bonchev–Trinajstić information content (AvgIpc) is 0.801. The SMILES string of the molecule is CCO[Si](CCCNC(=O)c1cc(C(=O)c2ccc(C(=O)O)c(C(=O)Nc3ccc(Oc4ccc(C(C)(C)c5ccc(Oc6ccc(NC(=O)c7cc(C(=O)c8ccc(C(=O)O)c(C(=O)NCCC[Si](OCC)(OCC)OCC)c8)ccc7C(=O)O)cc6)cc5)cc4)cc3)c2)ccc1C(=O)O)(OCC)OCC. The molecule has 8 aromatic rings. The largest absolute Gasteiger partial charge is 0.500 e. The van der Waals surface area contributed by atoms with Crippen LogP contribution in [0.15, 0.2) is 170 Å². The molecule has 8 N–H and O–H groups in total. The minimum atomic E-state index is -3.03. The number of anilines is 2. The zero-order valence-corrected chi connectivity index (χ0v) is 62.3. The molecule has 0 unspecified atom stereocenters. The number of benzene rings is 8. The van der Waals surface area contributed by atoms with Crippen molar-refractivity contribution in [1.82, 2.24) is 10.6 Å². The highest BCUT2D eigenvalue weighted by atomic mass is 28.4. The number of aromatic carboxylic acids is 4. The van der Waals surface area contributed by atoms with Gasteiger partial charge in [-0.1, -0.05) is 62.4 Å². The molecule has 0 aliphatic heterocycles. The van der Waals surface area contributed by atoms with Gasteiger partial charge in [-0.25, -0.2) is 19.2 Å². The lowest BCUT2D eigenvalue weighted by Gasteiger charge is -2.28. The zero-order valence-electron chi connectivity index (χ0n) is 60.3. The Labute approximate surface area is 620 Å². The molecule has 8 rings (SSSR count). The number of ketones is 2. The van der Waals surface area contributed by atoms with Crippen LogP contribution >= 0.6 is 0 Å². The van der Waals surface area contributed by atoms with Gasteiger partial charge in [-0.2, -0.15) is 0 Å². The lowest BCUT2D eigenvalue weighted by Crippen LogP contribution is -2.46. The first-order valence-corrected chi connectivity index (χ1v) is 38.5. The Balaban J connectivity index is 0.851. The van der Waals surface area contributed by atoms with Crippen LogP contribution in [0.25, 0.3) is 0 Å². The van der Waals surface area contributed by atoms with Gasteiger partial charge in [0.15, 0.2) is 11.6 Å². The van der Waals surface area contributed by atoms with Gasteiger partial charge in [-0.15, -0.1) is 0 Å². The molecule has 0 aliphatic carbocycles. The smallest absolute Gasteiger partial charge is 0.478 e. The number of amides is 4. The third-order valence-corrected chi connectivity index (χ3v) is 23.3. The molecule has 28 heteroatoms. The van der Waals surface area contributed by atoms with Gasteiger partial charge in [0.25, 0.3) is 23.6 Å². The topological polar surface area (TPSA) is 374 Å². The highest BCUT2D eigenvalue weighted by Crippen LogP contribution is 2.36. The van der Waals surface area contributed by atoms with Crippen LogP contribution in [0.2, 0.25) is 12.1 Å². The predicted molar refractivity (Wildman–Crippen MR) is 399 cm³/mol. The van der Waals surface area contributed by atoms with E-state index in [2.05, 4.69) is 35.1 Å². The molecule has 0 heterocycles. The molecular weight excluding hydrogens is 1410 g/mol. The predicted octanol–water partition coefficient (Wildman–Crippen LogP) is 13.7. The molecule has 26 nitrogen and oxygen atoms in total. The number of carbonyl (C=O) groups is 10. The van der Waals surface area contributed by atoms with E-state index < -0.39 is 93.2 Å². The second-order valence-corrected chi connectivity index (χ2v) is 29.9. The molecule has 0 saturated carbocycles. The Kier molecular flexibility index (Phi) is 28.6. The summed E-state index contributed by atoms with van der Waals surface area (Å²) in [4.78, 5) is 132. The number of hydrogen-bond donors (Lipinski definition) is 8. The maximum Gasteiger partial charge on any atom is 0.500 e. The van der Waals surface area contributed by atoms with E-state index >= 15 is 0 Å². The van der Waals surface area contributed by atoms with Crippen LogP contribution in [-0.4, -0.2) is 150 Å². The Morgan fingerprint density at radius 3 is 0.813 bits per heavy atom. The fourth-order valence-electron chi connectivity index (χ4n) is 11.7. The maximum atomic E-state index is 14.0. The Morgan fingerprint density at radius 2 is 0.570 bits per heavy atom. The molecule has 560 valence electrons. The first-order valence-electron chi connectivity index (χ1n) is 34.6. The van der Waals surface area contributed by atoms with Crippen molar-refractivity contribution in [2.75, 3.05) is 63.4 Å². The summed E-state index contributed by atoms with van der Waals surface area (Å²) in [5.41, 5.74) is -1.26. The molecule has 0 aromatic heterocycles. The lowest BCUT2D eigenvalue weighted by atomic mass is 9.78.